The van der Waals surface area contributed by atoms with E-state index in [1.54, 1.807) is 19.4 Å². The van der Waals surface area contributed by atoms with Gasteiger partial charge in [-0.3, -0.25) is 9.89 Å². The van der Waals surface area contributed by atoms with E-state index in [9.17, 15) is 4.79 Å². The minimum Gasteiger partial charge on any atom is -0.397 e. The zero-order valence-electron chi connectivity index (χ0n) is 6.53. The van der Waals surface area contributed by atoms with Crippen molar-refractivity contribution in [2.24, 2.45) is 7.05 Å². The number of nitrogen functional groups attached to an aromatic ring is 1. The number of rotatable bonds is 0. The Kier molecular flexibility index (Phi) is 1.21. The fraction of sp³-hybridized carbons (Fsp3) is 0.143. The maximum absolute atomic E-state index is 11.4. The van der Waals surface area contributed by atoms with Crippen molar-refractivity contribution in [1.82, 2.24) is 14.8 Å². The number of aryl methyl sites for hydroxylation is 1. The van der Waals surface area contributed by atoms with Crippen LogP contribution in [0, 0.1) is 0 Å². The summed E-state index contributed by atoms with van der Waals surface area (Å²) >= 11 is 0. The number of hydrogen-bond donors (Lipinski definition) is 2. The number of pyridine rings is 1. The first kappa shape index (κ1) is 6.90. The fourth-order valence-electron chi connectivity index (χ4n) is 1.18. The number of H-pyrrole nitrogens is 1. The van der Waals surface area contributed by atoms with Crippen LogP contribution in [0.4, 0.5) is 5.69 Å². The highest BCUT2D eigenvalue weighted by atomic mass is 16.1. The first-order chi connectivity index (χ1) is 5.70. The molecule has 3 N–H and O–H groups in total. The molecule has 12 heavy (non-hydrogen) atoms. The second-order valence-electron chi connectivity index (χ2n) is 2.66. The number of aromatic amines is 1. The minimum atomic E-state index is -0.114. The minimum absolute atomic E-state index is 0.114. The summed E-state index contributed by atoms with van der Waals surface area (Å²) < 4.78 is 1.43. The number of fused-ring (bicyclic) bond motifs is 1. The summed E-state index contributed by atoms with van der Waals surface area (Å²) in [6, 6.07) is 0. The van der Waals surface area contributed by atoms with E-state index in [0.29, 0.717) is 16.6 Å². The van der Waals surface area contributed by atoms with Gasteiger partial charge in [-0.05, 0) is 0 Å². The van der Waals surface area contributed by atoms with Crippen LogP contribution in [0.25, 0.3) is 10.9 Å². The number of nitrogens with two attached hydrogens (primary N) is 1. The van der Waals surface area contributed by atoms with E-state index in [1.165, 1.54) is 4.57 Å². The van der Waals surface area contributed by atoms with E-state index in [-0.39, 0.29) is 5.56 Å². The Bertz CT molecular complexity index is 482. The second-order valence-corrected chi connectivity index (χ2v) is 2.66. The topological polar surface area (TPSA) is 76.7 Å². The van der Waals surface area contributed by atoms with Gasteiger partial charge in [0.05, 0.1) is 11.9 Å². The van der Waals surface area contributed by atoms with Gasteiger partial charge in [-0.25, -0.2) is 0 Å². The average Bonchev–Trinajstić information content (AvgIpc) is 2.48. The van der Waals surface area contributed by atoms with Gasteiger partial charge in [-0.1, -0.05) is 0 Å². The molecule has 0 aliphatic rings. The molecule has 2 aromatic heterocycles. The van der Waals surface area contributed by atoms with Gasteiger partial charge in [0.1, 0.15) is 5.52 Å². The number of aromatic nitrogens is 3. The normalized spacial score (nSPS) is 10.8. The van der Waals surface area contributed by atoms with Crippen LogP contribution in [-0.2, 0) is 7.05 Å². The number of nitrogens with zero attached hydrogens (tertiary/aromatic N) is 2. The first-order valence-electron chi connectivity index (χ1n) is 3.48. The van der Waals surface area contributed by atoms with Crippen molar-refractivity contribution in [3.8, 4) is 0 Å². The molecule has 0 aromatic carbocycles. The molecule has 62 valence electrons. The van der Waals surface area contributed by atoms with E-state index in [0.717, 1.165) is 0 Å². The third-order valence-corrected chi connectivity index (χ3v) is 1.82. The van der Waals surface area contributed by atoms with Gasteiger partial charge in [0.2, 0.25) is 0 Å². The Labute approximate surface area is 67.8 Å². The highest BCUT2D eigenvalue weighted by Crippen LogP contribution is 2.13. The summed E-state index contributed by atoms with van der Waals surface area (Å²) in [5, 5.41) is 7.03. The van der Waals surface area contributed by atoms with Crippen LogP contribution in [-0.4, -0.2) is 14.8 Å². The highest BCUT2D eigenvalue weighted by molar-refractivity contribution is 5.88. The lowest BCUT2D eigenvalue weighted by atomic mass is 10.3. The summed E-state index contributed by atoms with van der Waals surface area (Å²) in [5.74, 6) is 0. The Balaban J connectivity index is 3.07. The lowest BCUT2D eigenvalue weighted by Gasteiger charge is -1.99. The maximum atomic E-state index is 11.4. The van der Waals surface area contributed by atoms with E-state index >= 15 is 0 Å². The monoisotopic (exact) mass is 164 g/mol. The summed E-state index contributed by atoms with van der Waals surface area (Å²) in [7, 11) is 1.65. The first-order valence-corrected chi connectivity index (χ1v) is 3.48. The predicted octanol–water partition coefficient (Wildman–Crippen LogP) is -0.156. The number of nitrogens with one attached hydrogen (secondary N) is 1. The second kappa shape index (κ2) is 2.10. The van der Waals surface area contributed by atoms with E-state index in [4.69, 9.17) is 5.73 Å². The molecule has 2 heterocycles. The molecule has 0 saturated heterocycles. The van der Waals surface area contributed by atoms with Gasteiger partial charge < -0.3 is 10.3 Å². The lowest BCUT2D eigenvalue weighted by molar-refractivity contribution is 0.870. The summed E-state index contributed by atoms with van der Waals surface area (Å²) in [4.78, 5) is 11.4. The van der Waals surface area contributed by atoms with E-state index < -0.39 is 0 Å². The molecule has 0 fully saturated rings. The SMILES string of the molecule is Cn1cc(N)c2cn[nH]c2c1=O. The van der Waals surface area contributed by atoms with Crippen molar-refractivity contribution in [2.75, 3.05) is 5.73 Å². The van der Waals surface area contributed by atoms with Crippen LogP contribution in [0.5, 0.6) is 0 Å². The van der Waals surface area contributed by atoms with Gasteiger partial charge in [0, 0.05) is 18.6 Å². The van der Waals surface area contributed by atoms with Crippen molar-refractivity contribution >= 4 is 16.6 Å². The summed E-state index contributed by atoms with van der Waals surface area (Å²) in [5.41, 5.74) is 6.55. The third-order valence-electron chi connectivity index (χ3n) is 1.82. The molecule has 2 rings (SSSR count). The lowest BCUT2D eigenvalue weighted by Crippen LogP contribution is -2.16. The summed E-state index contributed by atoms with van der Waals surface area (Å²) in [6.45, 7) is 0. The molecule has 0 saturated carbocycles. The van der Waals surface area contributed by atoms with Gasteiger partial charge in [-0.2, -0.15) is 5.10 Å². The van der Waals surface area contributed by atoms with Crippen molar-refractivity contribution in [1.29, 1.82) is 0 Å². The van der Waals surface area contributed by atoms with Crippen LogP contribution in [0.3, 0.4) is 0 Å². The van der Waals surface area contributed by atoms with Gasteiger partial charge in [0.25, 0.3) is 5.56 Å². The molecule has 0 unspecified atom stereocenters. The van der Waals surface area contributed by atoms with Crippen molar-refractivity contribution in [3.63, 3.8) is 0 Å². The molecule has 5 nitrogen and oxygen atoms in total. The van der Waals surface area contributed by atoms with Crippen LogP contribution in [0.2, 0.25) is 0 Å². The van der Waals surface area contributed by atoms with Crippen LogP contribution in [0.1, 0.15) is 0 Å². The third kappa shape index (κ3) is 0.730. The Hall–Kier alpha value is -1.78. The number of anilines is 1. The smallest absolute Gasteiger partial charge is 0.276 e. The Morgan fingerprint density at radius 3 is 3.17 bits per heavy atom. The quantitative estimate of drug-likeness (QED) is 0.568. The Morgan fingerprint density at radius 2 is 2.42 bits per heavy atom. The van der Waals surface area contributed by atoms with Gasteiger partial charge in [-0.15, -0.1) is 0 Å². The Morgan fingerprint density at radius 1 is 1.67 bits per heavy atom. The fourth-order valence-corrected chi connectivity index (χ4v) is 1.18. The maximum Gasteiger partial charge on any atom is 0.276 e. The van der Waals surface area contributed by atoms with Crippen molar-refractivity contribution in [2.45, 2.75) is 0 Å². The van der Waals surface area contributed by atoms with Gasteiger partial charge >= 0.3 is 0 Å². The zero-order chi connectivity index (χ0) is 8.72. The molecule has 0 amide bonds. The van der Waals surface area contributed by atoms with Crippen molar-refractivity contribution in [3.05, 3.63) is 22.7 Å². The van der Waals surface area contributed by atoms with Crippen LogP contribution >= 0.6 is 0 Å². The van der Waals surface area contributed by atoms with E-state index in [1.807, 2.05) is 0 Å². The molecular weight excluding hydrogens is 156 g/mol. The molecule has 0 atom stereocenters. The highest BCUT2D eigenvalue weighted by Gasteiger charge is 2.05. The zero-order valence-corrected chi connectivity index (χ0v) is 6.53. The molecular formula is C7H8N4O. The molecule has 2 aromatic rings. The van der Waals surface area contributed by atoms with Crippen LogP contribution < -0.4 is 11.3 Å². The summed E-state index contributed by atoms with van der Waals surface area (Å²) in [6.07, 6.45) is 3.13. The molecule has 0 bridgehead atoms. The molecule has 0 radical (unpaired) electrons. The van der Waals surface area contributed by atoms with E-state index in [2.05, 4.69) is 10.2 Å². The number of hydrogen-bond acceptors (Lipinski definition) is 3. The molecule has 0 spiro atoms. The van der Waals surface area contributed by atoms with Gasteiger partial charge in [0.15, 0.2) is 0 Å². The standard InChI is InChI=1S/C7H8N4O/c1-11-3-5(8)4-2-9-10-6(4)7(11)12/h2-3H,8H2,1H3,(H,9,10). The average molecular weight is 164 g/mol. The molecule has 0 aliphatic heterocycles. The predicted molar refractivity (Wildman–Crippen MR) is 45.7 cm³/mol. The van der Waals surface area contributed by atoms with Crippen molar-refractivity contribution < 1.29 is 0 Å². The van der Waals surface area contributed by atoms with Crippen LogP contribution in [0.15, 0.2) is 17.2 Å². The largest absolute Gasteiger partial charge is 0.397 e. The molecule has 0 aliphatic carbocycles. The molecule has 5 heteroatoms.